The standard InChI is InChI=1S/C14H11NS/c15-11-14(12-7-3-1-4-8-12)16-13-9-5-2-6-10-13/h1-10,14H/t14-/m1/s1. The molecule has 0 spiro atoms. The molecule has 0 aromatic heterocycles. The van der Waals surface area contributed by atoms with Crippen molar-refractivity contribution in [1.29, 1.82) is 5.26 Å². The second-order valence-corrected chi connectivity index (χ2v) is 4.53. The Hall–Kier alpha value is -1.72. The van der Waals surface area contributed by atoms with E-state index in [1.807, 2.05) is 60.7 Å². The van der Waals surface area contributed by atoms with E-state index in [1.165, 1.54) is 0 Å². The van der Waals surface area contributed by atoms with Gasteiger partial charge in [-0.2, -0.15) is 5.26 Å². The maximum absolute atomic E-state index is 9.17. The molecule has 2 aromatic carbocycles. The molecule has 0 saturated heterocycles. The third-order valence-corrected chi connectivity index (χ3v) is 3.37. The van der Waals surface area contributed by atoms with Crippen molar-refractivity contribution in [2.75, 3.05) is 0 Å². The second-order valence-electron chi connectivity index (χ2n) is 3.35. The molecular weight excluding hydrogens is 214 g/mol. The van der Waals surface area contributed by atoms with Crippen LogP contribution in [0, 0.1) is 11.3 Å². The summed E-state index contributed by atoms with van der Waals surface area (Å²) in [4.78, 5) is 1.12. The molecule has 0 fully saturated rings. The van der Waals surface area contributed by atoms with E-state index < -0.39 is 0 Å². The third-order valence-electron chi connectivity index (χ3n) is 2.22. The summed E-state index contributed by atoms with van der Waals surface area (Å²) in [6, 6.07) is 22.2. The normalized spacial score (nSPS) is 11.7. The van der Waals surface area contributed by atoms with Crippen LogP contribution in [-0.2, 0) is 0 Å². The van der Waals surface area contributed by atoms with Gasteiger partial charge in [-0.05, 0) is 17.7 Å². The zero-order chi connectivity index (χ0) is 11.2. The molecule has 0 amide bonds. The van der Waals surface area contributed by atoms with Gasteiger partial charge in [0.2, 0.25) is 0 Å². The van der Waals surface area contributed by atoms with E-state index in [9.17, 15) is 0 Å². The number of nitriles is 1. The molecule has 0 aliphatic rings. The van der Waals surface area contributed by atoms with Crippen molar-refractivity contribution < 1.29 is 0 Å². The molecule has 0 heterocycles. The molecule has 2 rings (SSSR count). The van der Waals surface area contributed by atoms with E-state index in [-0.39, 0.29) is 5.25 Å². The zero-order valence-electron chi connectivity index (χ0n) is 8.71. The summed E-state index contributed by atoms with van der Waals surface area (Å²) in [6.45, 7) is 0. The molecule has 1 nitrogen and oxygen atoms in total. The highest BCUT2D eigenvalue weighted by Crippen LogP contribution is 2.34. The Morgan fingerprint density at radius 3 is 2.00 bits per heavy atom. The molecule has 0 radical (unpaired) electrons. The molecule has 78 valence electrons. The highest BCUT2D eigenvalue weighted by atomic mass is 32.2. The molecule has 0 N–H and O–H groups in total. The lowest BCUT2D eigenvalue weighted by atomic mass is 10.2. The molecular formula is C14H11NS. The van der Waals surface area contributed by atoms with E-state index in [1.54, 1.807) is 11.8 Å². The Morgan fingerprint density at radius 2 is 1.44 bits per heavy atom. The minimum absolute atomic E-state index is 0.136. The van der Waals surface area contributed by atoms with Gasteiger partial charge < -0.3 is 0 Å². The van der Waals surface area contributed by atoms with Crippen molar-refractivity contribution in [1.82, 2.24) is 0 Å². The predicted octanol–water partition coefficient (Wildman–Crippen LogP) is 4.04. The Labute approximate surface area is 99.7 Å². The lowest BCUT2D eigenvalue weighted by Gasteiger charge is -2.08. The molecule has 0 unspecified atom stereocenters. The summed E-state index contributed by atoms with van der Waals surface area (Å²) in [5, 5.41) is 9.03. The average molecular weight is 225 g/mol. The van der Waals surface area contributed by atoms with Crippen LogP contribution >= 0.6 is 11.8 Å². The van der Waals surface area contributed by atoms with E-state index in [0.29, 0.717) is 0 Å². The van der Waals surface area contributed by atoms with Gasteiger partial charge in [0.15, 0.2) is 0 Å². The minimum Gasteiger partial charge on any atom is -0.197 e. The van der Waals surface area contributed by atoms with Crippen LogP contribution in [-0.4, -0.2) is 0 Å². The second kappa shape index (κ2) is 5.39. The Kier molecular flexibility index (Phi) is 3.63. The van der Waals surface area contributed by atoms with Gasteiger partial charge in [0.05, 0.1) is 6.07 Å². The van der Waals surface area contributed by atoms with Crippen molar-refractivity contribution >= 4 is 11.8 Å². The largest absolute Gasteiger partial charge is 0.197 e. The van der Waals surface area contributed by atoms with Gasteiger partial charge in [0.1, 0.15) is 5.25 Å². The van der Waals surface area contributed by atoms with Crippen LogP contribution in [0.4, 0.5) is 0 Å². The van der Waals surface area contributed by atoms with Gasteiger partial charge in [0, 0.05) is 4.90 Å². The lowest BCUT2D eigenvalue weighted by molar-refractivity contribution is 1.22. The number of benzene rings is 2. The smallest absolute Gasteiger partial charge is 0.121 e. The summed E-state index contributed by atoms with van der Waals surface area (Å²) >= 11 is 1.58. The van der Waals surface area contributed by atoms with Crippen molar-refractivity contribution in [2.24, 2.45) is 0 Å². The number of nitrogens with zero attached hydrogens (tertiary/aromatic N) is 1. The number of hydrogen-bond donors (Lipinski definition) is 0. The van der Waals surface area contributed by atoms with Gasteiger partial charge in [-0.3, -0.25) is 0 Å². The van der Waals surface area contributed by atoms with Gasteiger partial charge in [-0.15, -0.1) is 11.8 Å². The van der Waals surface area contributed by atoms with Gasteiger partial charge in [-0.1, -0.05) is 48.5 Å². The Balaban J connectivity index is 2.17. The summed E-state index contributed by atoms with van der Waals surface area (Å²) in [7, 11) is 0. The van der Waals surface area contributed by atoms with Gasteiger partial charge in [0.25, 0.3) is 0 Å². The maximum atomic E-state index is 9.17. The molecule has 0 saturated carbocycles. The first-order chi connectivity index (χ1) is 7.90. The fourth-order valence-corrected chi connectivity index (χ4v) is 2.36. The molecule has 2 heteroatoms. The SMILES string of the molecule is N#C[C@@H](Sc1ccccc1)c1ccccc1. The summed E-state index contributed by atoms with van der Waals surface area (Å²) in [5.74, 6) is 0. The maximum Gasteiger partial charge on any atom is 0.121 e. The quantitative estimate of drug-likeness (QED) is 0.736. The first-order valence-electron chi connectivity index (χ1n) is 5.06. The van der Waals surface area contributed by atoms with Crippen LogP contribution in [0.25, 0.3) is 0 Å². The van der Waals surface area contributed by atoms with E-state index >= 15 is 0 Å². The minimum atomic E-state index is -0.136. The third kappa shape index (κ3) is 2.65. The van der Waals surface area contributed by atoms with Crippen LogP contribution in [0.1, 0.15) is 10.8 Å². The first-order valence-corrected chi connectivity index (χ1v) is 5.94. The van der Waals surface area contributed by atoms with Crippen molar-refractivity contribution in [3.63, 3.8) is 0 Å². The average Bonchev–Trinajstić information content (AvgIpc) is 2.38. The molecule has 16 heavy (non-hydrogen) atoms. The highest BCUT2D eigenvalue weighted by Gasteiger charge is 2.10. The Morgan fingerprint density at radius 1 is 0.875 bits per heavy atom. The van der Waals surface area contributed by atoms with Gasteiger partial charge in [-0.25, -0.2) is 0 Å². The van der Waals surface area contributed by atoms with Crippen LogP contribution in [0.5, 0.6) is 0 Å². The Bertz CT molecular complexity index is 473. The van der Waals surface area contributed by atoms with Crippen LogP contribution < -0.4 is 0 Å². The molecule has 0 aliphatic carbocycles. The summed E-state index contributed by atoms with van der Waals surface area (Å²) in [6.07, 6.45) is 0. The lowest BCUT2D eigenvalue weighted by Crippen LogP contribution is -1.89. The van der Waals surface area contributed by atoms with Gasteiger partial charge >= 0.3 is 0 Å². The fourth-order valence-electron chi connectivity index (χ4n) is 1.43. The van der Waals surface area contributed by atoms with Crippen LogP contribution in [0.2, 0.25) is 0 Å². The van der Waals surface area contributed by atoms with E-state index in [0.717, 1.165) is 10.5 Å². The molecule has 2 aromatic rings. The van der Waals surface area contributed by atoms with Crippen LogP contribution in [0.15, 0.2) is 65.6 Å². The first kappa shape index (κ1) is 10.8. The fraction of sp³-hybridized carbons (Fsp3) is 0.0714. The van der Waals surface area contributed by atoms with Crippen LogP contribution in [0.3, 0.4) is 0 Å². The number of thioether (sulfide) groups is 1. The number of rotatable bonds is 3. The zero-order valence-corrected chi connectivity index (χ0v) is 9.52. The topological polar surface area (TPSA) is 23.8 Å². The van der Waals surface area contributed by atoms with E-state index in [2.05, 4.69) is 6.07 Å². The predicted molar refractivity (Wildman–Crippen MR) is 67.1 cm³/mol. The summed E-state index contributed by atoms with van der Waals surface area (Å²) in [5.41, 5.74) is 1.05. The summed E-state index contributed by atoms with van der Waals surface area (Å²) < 4.78 is 0. The highest BCUT2D eigenvalue weighted by molar-refractivity contribution is 7.99. The van der Waals surface area contributed by atoms with Crippen molar-refractivity contribution in [3.05, 3.63) is 66.2 Å². The van der Waals surface area contributed by atoms with E-state index in [4.69, 9.17) is 5.26 Å². The monoisotopic (exact) mass is 225 g/mol. The molecule has 1 atom stereocenters. The number of hydrogen-bond acceptors (Lipinski definition) is 2. The molecule has 0 bridgehead atoms. The van der Waals surface area contributed by atoms with Crippen molar-refractivity contribution in [2.45, 2.75) is 10.1 Å². The van der Waals surface area contributed by atoms with Crippen molar-refractivity contribution in [3.8, 4) is 6.07 Å². The molecule has 0 aliphatic heterocycles.